The molecule has 3 heterocycles. The Kier molecular flexibility index (Phi) is 9.34. The fourth-order valence-corrected chi connectivity index (χ4v) is 5.26. The number of morpholine rings is 1. The monoisotopic (exact) mass is 584 g/mol. The average Bonchev–Trinajstić information content (AvgIpc) is 3.39. The van der Waals surface area contributed by atoms with Gasteiger partial charge in [0.2, 0.25) is 5.88 Å². The van der Waals surface area contributed by atoms with Gasteiger partial charge in [-0.3, -0.25) is 19.2 Å². The Balaban J connectivity index is 1.60. The molecule has 1 amide bonds. The Bertz CT molecular complexity index is 1390. The van der Waals surface area contributed by atoms with Crippen LogP contribution in [-0.2, 0) is 15.0 Å². The lowest BCUT2D eigenvalue weighted by atomic mass is 10.0. The highest BCUT2D eigenvalue weighted by Crippen LogP contribution is 2.28. The third-order valence-electron chi connectivity index (χ3n) is 5.66. The molecule has 1 aliphatic heterocycles. The number of carbonyl (C=O) groups is 1. The van der Waals surface area contributed by atoms with Gasteiger partial charge in [0.1, 0.15) is 5.69 Å². The number of ether oxygens (including phenoxy) is 2. The number of nitrogens with one attached hydrogen (secondary N) is 1. The van der Waals surface area contributed by atoms with E-state index in [0.717, 1.165) is 17.4 Å². The molecule has 0 unspecified atom stereocenters. The van der Waals surface area contributed by atoms with Crippen molar-refractivity contribution in [1.29, 1.82) is 0 Å². The van der Waals surface area contributed by atoms with E-state index in [1.165, 1.54) is 30.7 Å². The summed E-state index contributed by atoms with van der Waals surface area (Å²) in [5.74, 6) is -0.188. The van der Waals surface area contributed by atoms with Gasteiger partial charge in [0.15, 0.2) is 5.01 Å². The summed E-state index contributed by atoms with van der Waals surface area (Å²) < 4.78 is 69.9. The van der Waals surface area contributed by atoms with Gasteiger partial charge in [0.05, 0.1) is 48.8 Å². The van der Waals surface area contributed by atoms with Crippen LogP contribution in [-0.4, -0.2) is 84.7 Å². The minimum atomic E-state index is -5.24. The summed E-state index contributed by atoms with van der Waals surface area (Å²) in [7, 11) is -5.24. The molecule has 210 valence electrons. The Hall–Kier alpha value is -3.31. The van der Waals surface area contributed by atoms with Crippen LogP contribution in [0.25, 0.3) is 10.6 Å². The van der Waals surface area contributed by atoms with Crippen molar-refractivity contribution in [2.75, 3.05) is 43.8 Å². The van der Waals surface area contributed by atoms with Gasteiger partial charge in [-0.1, -0.05) is 12.1 Å². The molecule has 0 aliphatic carbocycles. The van der Waals surface area contributed by atoms with Gasteiger partial charge in [-0.2, -0.15) is 21.5 Å². The number of rotatable bonds is 11. The number of amides is 1. The third-order valence-corrected chi connectivity index (χ3v) is 7.55. The fraction of sp³-hybridized carbons (Fsp3) is 0.391. The molecule has 0 spiro atoms. The van der Waals surface area contributed by atoms with Crippen LogP contribution in [0.5, 0.6) is 5.88 Å². The van der Waals surface area contributed by atoms with E-state index in [-0.39, 0.29) is 5.01 Å². The molecule has 1 fully saturated rings. The second kappa shape index (κ2) is 12.7. The van der Waals surface area contributed by atoms with E-state index in [2.05, 4.69) is 20.3 Å². The van der Waals surface area contributed by atoms with Gasteiger partial charge in [0, 0.05) is 25.8 Å². The Morgan fingerprint density at radius 1 is 1.28 bits per heavy atom. The van der Waals surface area contributed by atoms with Crippen molar-refractivity contribution >= 4 is 33.2 Å². The normalized spacial score (nSPS) is 15.2. The molecule has 0 saturated carbocycles. The summed E-state index contributed by atoms with van der Waals surface area (Å²) in [5, 5.41) is 3.00. The predicted molar refractivity (Wildman–Crippen MR) is 138 cm³/mol. The summed E-state index contributed by atoms with van der Waals surface area (Å²) >= 11 is 1.08. The molecular weight excluding hydrogens is 558 g/mol. The zero-order chi connectivity index (χ0) is 28.0. The largest absolute Gasteiger partial charge is 0.477 e. The van der Waals surface area contributed by atoms with Crippen LogP contribution in [0, 0.1) is 0 Å². The lowest BCUT2D eigenvalue weighted by Gasteiger charge is -2.31. The van der Waals surface area contributed by atoms with Crippen LogP contribution in [0.3, 0.4) is 0 Å². The molecule has 1 aliphatic rings. The molecular formula is C23H26F2N6O6S2. The lowest BCUT2D eigenvalue weighted by molar-refractivity contribution is 0.0332. The van der Waals surface area contributed by atoms with Gasteiger partial charge >= 0.3 is 16.9 Å². The zero-order valence-corrected chi connectivity index (χ0v) is 22.4. The van der Waals surface area contributed by atoms with Crippen molar-refractivity contribution in [1.82, 2.24) is 25.2 Å². The van der Waals surface area contributed by atoms with Crippen LogP contribution in [0.4, 0.5) is 14.5 Å². The van der Waals surface area contributed by atoms with Gasteiger partial charge in [0.25, 0.3) is 5.91 Å². The van der Waals surface area contributed by atoms with Crippen molar-refractivity contribution < 1.29 is 36.0 Å². The summed E-state index contributed by atoms with van der Waals surface area (Å²) in [6.45, 7) is 1.15. The van der Waals surface area contributed by atoms with E-state index in [9.17, 15) is 26.5 Å². The number of halogens is 2. The smallest absolute Gasteiger partial charge is 0.364 e. The zero-order valence-electron chi connectivity index (χ0n) is 20.7. The number of hydrogen-bond donors (Lipinski definition) is 2. The predicted octanol–water partition coefficient (Wildman–Crippen LogP) is 2.63. The van der Waals surface area contributed by atoms with Gasteiger partial charge in [-0.15, -0.1) is 11.3 Å². The molecule has 0 bridgehead atoms. The maximum atomic E-state index is 13.5. The van der Waals surface area contributed by atoms with Crippen molar-refractivity contribution in [2.45, 2.75) is 19.5 Å². The topological polar surface area (TPSA) is 147 Å². The first-order chi connectivity index (χ1) is 18.7. The first kappa shape index (κ1) is 28.7. The second-order valence-corrected chi connectivity index (χ2v) is 10.6. The van der Waals surface area contributed by atoms with Crippen molar-refractivity contribution in [3.8, 4) is 16.5 Å². The molecule has 1 saturated heterocycles. The molecule has 1 atom stereocenters. The number of hydrogen-bond acceptors (Lipinski definition) is 10. The molecule has 4 rings (SSSR count). The number of alkyl halides is 2. The number of aromatic nitrogens is 3. The third kappa shape index (κ3) is 7.42. The lowest BCUT2D eigenvalue weighted by Crippen LogP contribution is -2.43. The summed E-state index contributed by atoms with van der Waals surface area (Å²) in [4.78, 5) is 28.5. The average molecular weight is 585 g/mol. The molecule has 0 radical (unpaired) electrons. The number of benzene rings is 1. The fourth-order valence-electron chi connectivity index (χ4n) is 3.90. The highest BCUT2D eigenvalue weighted by molar-refractivity contribution is 7.87. The molecule has 16 heteroatoms. The number of thiazole rings is 1. The van der Waals surface area contributed by atoms with E-state index in [0.29, 0.717) is 61.5 Å². The Morgan fingerprint density at radius 3 is 2.74 bits per heavy atom. The summed E-state index contributed by atoms with van der Waals surface area (Å²) in [6.07, 6.45) is 4.49. The van der Waals surface area contributed by atoms with Crippen LogP contribution in [0.15, 0.2) is 42.9 Å². The highest BCUT2D eigenvalue weighted by Gasteiger charge is 2.30. The Morgan fingerprint density at radius 2 is 2.05 bits per heavy atom. The molecule has 1 aromatic carbocycles. The maximum Gasteiger partial charge on any atom is 0.364 e. The Labute approximate surface area is 227 Å². The number of anilines is 1. The minimum Gasteiger partial charge on any atom is -0.477 e. The summed E-state index contributed by atoms with van der Waals surface area (Å²) in [6, 6.07) is 4.53. The van der Waals surface area contributed by atoms with Crippen LogP contribution < -0.4 is 14.4 Å². The minimum absolute atomic E-state index is 0.129. The van der Waals surface area contributed by atoms with Crippen molar-refractivity contribution in [3.63, 3.8) is 0 Å². The van der Waals surface area contributed by atoms with Gasteiger partial charge < -0.3 is 14.8 Å². The van der Waals surface area contributed by atoms with Crippen LogP contribution in [0.1, 0.15) is 28.3 Å². The van der Waals surface area contributed by atoms with E-state index < -0.39 is 38.8 Å². The first-order valence-electron chi connectivity index (χ1n) is 11.8. The van der Waals surface area contributed by atoms with Gasteiger partial charge in [-0.25, -0.2) is 9.97 Å². The number of nitrogens with zero attached hydrogens (tertiary/aromatic N) is 5. The SMILES string of the molecule is CCOc1cncc(-c2cnc(C(=O)N[C@@H](CN3CCOCC3)c3cccc(N(C(F)F)S(=O)(=O)O)c3)s2)n1. The summed E-state index contributed by atoms with van der Waals surface area (Å²) in [5.41, 5.74) is 0.386. The maximum absolute atomic E-state index is 13.5. The number of carbonyl (C=O) groups excluding carboxylic acids is 1. The van der Waals surface area contributed by atoms with E-state index in [1.54, 1.807) is 6.07 Å². The molecule has 2 N–H and O–H groups in total. The molecule has 3 aromatic rings. The molecule has 2 aromatic heterocycles. The molecule has 39 heavy (non-hydrogen) atoms. The van der Waals surface area contributed by atoms with E-state index in [1.807, 2.05) is 11.8 Å². The first-order valence-corrected chi connectivity index (χ1v) is 14.0. The van der Waals surface area contributed by atoms with Crippen LogP contribution >= 0.6 is 11.3 Å². The van der Waals surface area contributed by atoms with Crippen molar-refractivity contribution in [3.05, 3.63) is 53.4 Å². The van der Waals surface area contributed by atoms with Crippen molar-refractivity contribution in [2.24, 2.45) is 0 Å². The quantitative estimate of drug-likeness (QED) is 0.255. The van der Waals surface area contributed by atoms with E-state index in [4.69, 9.17) is 9.47 Å². The highest BCUT2D eigenvalue weighted by atomic mass is 32.2. The molecule has 12 nitrogen and oxygen atoms in total. The standard InChI is InChI=1S/C23H26F2N6O6S2/c1-2-37-20-13-26-11-17(28-20)19-12-27-22(38-19)21(32)29-18(14-30-6-8-36-9-7-30)15-4-3-5-16(10-15)31(23(24)25)39(33,34)35/h3-5,10-13,18,23H,2,6-9,14H2,1H3,(H,29,32)(H,33,34,35)/t18-/m0/s1. The van der Waals surface area contributed by atoms with Gasteiger partial charge in [-0.05, 0) is 24.6 Å². The van der Waals surface area contributed by atoms with Crippen LogP contribution in [0.2, 0.25) is 0 Å². The van der Waals surface area contributed by atoms with E-state index >= 15 is 0 Å². The second-order valence-electron chi connectivity index (χ2n) is 8.29.